The molecule has 0 aliphatic heterocycles. The van der Waals surface area contributed by atoms with Crippen LogP contribution in [0.4, 0.5) is 6.01 Å². The molecule has 0 saturated heterocycles. The lowest BCUT2D eigenvalue weighted by atomic mass is 10.1. The van der Waals surface area contributed by atoms with E-state index in [-0.39, 0.29) is 5.54 Å². The molecule has 5 heteroatoms. The van der Waals surface area contributed by atoms with Crippen molar-refractivity contribution in [3.63, 3.8) is 0 Å². The molecule has 0 atom stereocenters. The zero-order valence-corrected chi connectivity index (χ0v) is 14.6. The third-order valence-electron chi connectivity index (χ3n) is 3.03. The van der Waals surface area contributed by atoms with Gasteiger partial charge in [-0.1, -0.05) is 34.1 Å². The van der Waals surface area contributed by atoms with Crippen molar-refractivity contribution in [2.45, 2.75) is 39.4 Å². The number of nitrogens with one attached hydrogen (secondary N) is 1. The van der Waals surface area contributed by atoms with Crippen LogP contribution < -0.4 is 10.2 Å². The highest BCUT2D eigenvalue weighted by Crippen LogP contribution is 2.20. The van der Waals surface area contributed by atoms with Gasteiger partial charge in [0.2, 0.25) is 0 Å². The van der Waals surface area contributed by atoms with Crippen LogP contribution in [0.25, 0.3) is 0 Å². The molecule has 114 valence electrons. The van der Waals surface area contributed by atoms with Gasteiger partial charge in [-0.2, -0.15) is 4.98 Å². The first kappa shape index (κ1) is 16.0. The molecule has 1 heterocycles. The fourth-order valence-corrected chi connectivity index (χ4v) is 2.27. The zero-order chi connectivity index (χ0) is 15.5. The molecule has 0 saturated carbocycles. The highest BCUT2D eigenvalue weighted by molar-refractivity contribution is 9.10. The summed E-state index contributed by atoms with van der Waals surface area (Å²) >= 11 is 3.56. The van der Waals surface area contributed by atoms with E-state index >= 15 is 0 Å². The molecule has 0 spiro atoms. The van der Waals surface area contributed by atoms with E-state index in [1.807, 2.05) is 30.1 Å². The summed E-state index contributed by atoms with van der Waals surface area (Å²) in [5.74, 6) is 0. The highest BCUT2D eigenvalue weighted by Gasteiger charge is 2.13. The van der Waals surface area contributed by atoms with Gasteiger partial charge in [0.15, 0.2) is 0 Å². The first-order valence-corrected chi connectivity index (χ1v) is 7.78. The van der Waals surface area contributed by atoms with Crippen molar-refractivity contribution >= 4 is 21.9 Å². The Bertz CT molecular complexity index is 589. The Morgan fingerprint density at radius 3 is 2.67 bits per heavy atom. The SMILES string of the molecule is CN(Cc1ccccc1Br)c1nc(CNC(C)(C)C)co1. The Labute approximate surface area is 134 Å². The van der Waals surface area contributed by atoms with E-state index in [2.05, 4.69) is 53.1 Å². The summed E-state index contributed by atoms with van der Waals surface area (Å²) in [5, 5.41) is 3.40. The first-order valence-electron chi connectivity index (χ1n) is 6.99. The number of rotatable bonds is 5. The van der Waals surface area contributed by atoms with Crippen molar-refractivity contribution in [3.05, 3.63) is 46.3 Å². The summed E-state index contributed by atoms with van der Waals surface area (Å²) in [6.07, 6.45) is 1.71. The Kier molecular flexibility index (Phi) is 5.06. The summed E-state index contributed by atoms with van der Waals surface area (Å²) < 4.78 is 6.66. The van der Waals surface area contributed by atoms with E-state index in [0.717, 1.165) is 16.7 Å². The van der Waals surface area contributed by atoms with Gasteiger partial charge in [-0.3, -0.25) is 0 Å². The van der Waals surface area contributed by atoms with Crippen LogP contribution >= 0.6 is 15.9 Å². The second-order valence-electron chi connectivity index (χ2n) is 6.17. The minimum atomic E-state index is 0.0694. The van der Waals surface area contributed by atoms with Gasteiger partial charge in [-0.05, 0) is 32.4 Å². The molecule has 1 aromatic heterocycles. The predicted molar refractivity (Wildman–Crippen MR) is 89.3 cm³/mol. The van der Waals surface area contributed by atoms with Gasteiger partial charge in [-0.15, -0.1) is 0 Å². The Morgan fingerprint density at radius 2 is 2.00 bits per heavy atom. The maximum atomic E-state index is 5.56. The summed E-state index contributed by atoms with van der Waals surface area (Å²) in [6.45, 7) is 7.84. The molecule has 0 aliphatic rings. The molecule has 1 aromatic carbocycles. The number of anilines is 1. The van der Waals surface area contributed by atoms with E-state index in [4.69, 9.17) is 4.42 Å². The van der Waals surface area contributed by atoms with Gasteiger partial charge < -0.3 is 14.6 Å². The van der Waals surface area contributed by atoms with Gasteiger partial charge in [0.1, 0.15) is 6.26 Å². The molecular weight excluding hydrogens is 330 g/mol. The minimum absolute atomic E-state index is 0.0694. The second-order valence-corrected chi connectivity index (χ2v) is 7.03. The Hall–Kier alpha value is -1.33. The summed E-state index contributed by atoms with van der Waals surface area (Å²) in [7, 11) is 1.98. The maximum absolute atomic E-state index is 5.56. The molecular formula is C16H22BrN3O. The van der Waals surface area contributed by atoms with Crippen LogP contribution in [0.2, 0.25) is 0 Å². The number of aromatic nitrogens is 1. The highest BCUT2D eigenvalue weighted by atomic mass is 79.9. The summed E-state index contributed by atoms with van der Waals surface area (Å²) in [4.78, 5) is 6.52. The van der Waals surface area contributed by atoms with Gasteiger partial charge in [0.25, 0.3) is 6.01 Å². The number of nitrogens with zero attached hydrogens (tertiary/aromatic N) is 2. The number of hydrogen-bond donors (Lipinski definition) is 1. The van der Waals surface area contributed by atoms with Gasteiger partial charge in [0, 0.05) is 30.1 Å². The average Bonchev–Trinajstić information content (AvgIpc) is 2.87. The fourth-order valence-electron chi connectivity index (χ4n) is 1.86. The fraction of sp³-hybridized carbons (Fsp3) is 0.438. The van der Waals surface area contributed by atoms with Crippen molar-refractivity contribution < 1.29 is 4.42 Å². The van der Waals surface area contributed by atoms with Gasteiger partial charge in [0.05, 0.1) is 5.69 Å². The molecule has 2 aromatic rings. The molecule has 0 bridgehead atoms. The molecule has 1 N–H and O–H groups in total. The van der Waals surface area contributed by atoms with Crippen LogP contribution in [0.3, 0.4) is 0 Å². The Morgan fingerprint density at radius 1 is 1.29 bits per heavy atom. The maximum Gasteiger partial charge on any atom is 0.297 e. The zero-order valence-electron chi connectivity index (χ0n) is 13.0. The third-order valence-corrected chi connectivity index (χ3v) is 3.80. The topological polar surface area (TPSA) is 41.3 Å². The number of hydrogen-bond acceptors (Lipinski definition) is 4. The number of halogens is 1. The summed E-state index contributed by atoms with van der Waals surface area (Å²) in [5.41, 5.74) is 2.19. The van der Waals surface area contributed by atoms with E-state index in [9.17, 15) is 0 Å². The van der Waals surface area contributed by atoms with Crippen LogP contribution in [-0.4, -0.2) is 17.6 Å². The van der Waals surface area contributed by atoms with E-state index in [1.165, 1.54) is 5.56 Å². The smallest absolute Gasteiger partial charge is 0.297 e. The molecule has 0 fully saturated rings. The lowest BCUT2D eigenvalue weighted by molar-refractivity contribution is 0.421. The molecule has 0 unspecified atom stereocenters. The minimum Gasteiger partial charge on any atom is -0.432 e. The van der Waals surface area contributed by atoms with E-state index < -0.39 is 0 Å². The molecule has 0 radical (unpaired) electrons. The largest absolute Gasteiger partial charge is 0.432 e. The van der Waals surface area contributed by atoms with Crippen molar-refractivity contribution in [3.8, 4) is 0 Å². The lowest BCUT2D eigenvalue weighted by Crippen LogP contribution is -2.35. The predicted octanol–water partition coefficient (Wildman–Crippen LogP) is 3.96. The number of oxazole rings is 1. The first-order chi connectivity index (χ1) is 9.85. The number of benzene rings is 1. The van der Waals surface area contributed by atoms with Crippen molar-refractivity contribution in [2.75, 3.05) is 11.9 Å². The molecule has 4 nitrogen and oxygen atoms in total. The quantitative estimate of drug-likeness (QED) is 0.884. The Balaban J connectivity index is 1.99. The molecule has 0 amide bonds. The molecule has 0 aliphatic carbocycles. The van der Waals surface area contributed by atoms with Gasteiger partial charge >= 0.3 is 0 Å². The molecule has 2 rings (SSSR count). The van der Waals surface area contributed by atoms with Crippen molar-refractivity contribution in [2.24, 2.45) is 0 Å². The second kappa shape index (κ2) is 6.62. The van der Waals surface area contributed by atoms with Crippen LogP contribution in [-0.2, 0) is 13.1 Å². The summed E-state index contributed by atoms with van der Waals surface area (Å²) in [6, 6.07) is 8.80. The normalized spacial score (nSPS) is 11.7. The van der Waals surface area contributed by atoms with Crippen molar-refractivity contribution in [1.82, 2.24) is 10.3 Å². The molecule has 21 heavy (non-hydrogen) atoms. The van der Waals surface area contributed by atoms with Crippen LogP contribution in [0.15, 0.2) is 39.4 Å². The van der Waals surface area contributed by atoms with E-state index in [1.54, 1.807) is 6.26 Å². The van der Waals surface area contributed by atoms with Crippen LogP contribution in [0.1, 0.15) is 32.0 Å². The monoisotopic (exact) mass is 351 g/mol. The standard InChI is InChI=1S/C16H22BrN3O/c1-16(2,3)18-9-13-11-21-15(19-13)20(4)10-12-7-5-6-8-14(12)17/h5-8,11,18H,9-10H2,1-4H3. The van der Waals surface area contributed by atoms with Crippen molar-refractivity contribution in [1.29, 1.82) is 0 Å². The van der Waals surface area contributed by atoms with E-state index in [0.29, 0.717) is 12.6 Å². The van der Waals surface area contributed by atoms with Crippen LogP contribution in [0, 0.1) is 0 Å². The van der Waals surface area contributed by atoms with Crippen LogP contribution in [0.5, 0.6) is 0 Å². The average molecular weight is 352 g/mol. The lowest BCUT2D eigenvalue weighted by Gasteiger charge is -2.19. The van der Waals surface area contributed by atoms with Gasteiger partial charge in [-0.25, -0.2) is 0 Å². The third kappa shape index (κ3) is 4.86.